The first-order valence-corrected chi connectivity index (χ1v) is 6.12. The van der Waals surface area contributed by atoms with Gasteiger partial charge in [-0.15, -0.1) is 0 Å². The fourth-order valence-electron chi connectivity index (χ4n) is 2.35. The monoisotopic (exact) mass is 233 g/mol. The van der Waals surface area contributed by atoms with Crippen molar-refractivity contribution in [2.45, 2.75) is 39.5 Å². The fraction of sp³-hybridized carbons (Fsp3) is 0.500. The van der Waals surface area contributed by atoms with Gasteiger partial charge in [0.1, 0.15) is 5.75 Å². The van der Waals surface area contributed by atoms with Gasteiger partial charge in [0.25, 0.3) is 0 Å². The lowest BCUT2D eigenvalue weighted by Crippen LogP contribution is -2.30. The van der Waals surface area contributed by atoms with Crippen LogP contribution in [0.5, 0.6) is 5.75 Å². The van der Waals surface area contributed by atoms with Gasteiger partial charge in [0.2, 0.25) is 5.91 Å². The number of aryl methyl sites for hydroxylation is 1. The summed E-state index contributed by atoms with van der Waals surface area (Å²) in [6.45, 7) is 3.85. The van der Waals surface area contributed by atoms with E-state index in [2.05, 4.69) is 5.32 Å². The molecule has 3 nitrogen and oxygen atoms in total. The molecule has 0 heterocycles. The van der Waals surface area contributed by atoms with Crippen LogP contribution in [0.2, 0.25) is 0 Å². The van der Waals surface area contributed by atoms with Crippen molar-refractivity contribution in [2.24, 2.45) is 5.41 Å². The number of aromatic hydroxyl groups is 1. The van der Waals surface area contributed by atoms with E-state index in [1.165, 1.54) is 0 Å². The van der Waals surface area contributed by atoms with Gasteiger partial charge in [0.05, 0.1) is 0 Å². The Balaban J connectivity index is 2.10. The lowest BCUT2D eigenvalue weighted by atomic mass is 9.88. The van der Waals surface area contributed by atoms with Crippen molar-refractivity contribution in [1.29, 1.82) is 0 Å². The molecule has 1 aromatic carbocycles. The highest BCUT2D eigenvalue weighted by Crippen LogP contribution is 2.38. The van der Waals surface area contributed by atoms with Gasteiger partial charge >= 0.3 is 0 Å². The third kappa shape index (κ3) is 2.43. The number of nitrogens with one attached hydrogen (secondary N) is 1. The summed E-state index contributed by atoms with van der Waals surface area (Å²) in [6.07, 6.45) is 4.17. The van der Waals surface area contributed by atoms with Crippen molar-refractivity contribution in [2.75, 3.05) is 5.32 Å². The van der Waals surface area contributed by atoms with Crippen LogP contribution in [0.15, 0.2) is 18.2 Å². The van der Waals surface area contributed by atoms with Gasteiger partial charge in [-0.05, 0) is 31.4 Å². The van der Waals surface area contributed by atoms with Crippen molar-refractivity contribution in [3.05, 3.63) is 23.8 Å². The summed E-state index contributed by atoms with van der Waals surface area (Å²) in [5.41, 5.74) is 1.25. The number of phenols is 1. The van der Waals surface area contributed by atoms with Crippen molar-refractivity contribution >= 4 is 11.6 Å². The molecule has 17 heavy (non-hydrogen) atoms. The lowest BCUT2D eigenvalue weighted by molar-refractivity contribution is -0.124. The summed E-state index contributed by atoms with van der Waals surface area (Å²) in [4.78, 5) is 12.1. The first-order valence-electron chi connectivity index (χ1n) is 6.12. The van der Waals surface area contributed by atoms with E-state index in [-0.39, 0.29) is 17.1 Å². The second-order valence-electron chi connectivity index (χ2n) is 5.22. The molecule has 0 aliphatic heterocycles. The van der Waals surface area contributed by atoms with Crippen LogP contribution in [0.1, 0.15) is 38.2 Å². The molecule has 1 saturated carbocycles. The summed E-state index contributed by atoms with van der Waals surface area (Å²) in [7, 11) is 0. The standard InChI is InChI=1S/C14H19NO2/c1-10-5-6-11(9-12(10)16)15-13(17)14(2)7-3-4-8-14/h5-6,9,16H,3-4,7-8H2,1-2H3,(H,15,17). The molecule has 1 aromatic rings. The Morgan fingerprint density at radius 3 is 2.59 bits per heavy atom. The number of phenolic OH excluding ortho intramolecular Hbond substituents is 1. The highest BCUT2D eigenvalue weighted by molar-refractivity contribution is 5.95. The number of carbonyl (C=O) groups excluding carboxylic acids is 1. The van der Waals surface area contributed by atoms with Gasteiger partial charge < -0.3 is 10.4 Å². The molecule has 0 atom stereocenters. The maximum atomic E-state index is 12.1. The molecule has 92 valence electrons. The minimum Gasteiger partial charge on any atom is -0.508 e. The number of anilines is 1. The van der Waals surface area contributed by atoms with Gasteiger partial charge in [0, 0.05) is 17.2 Å². The van der Waals surface area contributed by atoms with Crippen molar-refractivity contribution < 1.29 is 9.90 Å². The summed E-state index contributed by atoms with van der Waals surface area (Å²) in [5.74, 6) is 0.289. The maximum absolute atomic E-state index is 12.1. The fourth-order valence-corrected chi connectivity index (χ4v) is 2.35. The van der Waals surface area contributed by atoms with E-state index < -0.39 is 0 Å². The van der Waals surface area contributed by atoms with Gasteiger partial charge in [-0.3, -0.25) is 4.79 Å². The Bertz CT molecular complexity index is 434. The van der Waals surface area contributed by atoms with Gasteiger partial charge in [-0.1, -0.05) is 25.8 Å². The minimum absolute atomic E-state index is 0.0678. The predicted octanol–water partition coefficient (Wildman–Crippen LogP) is 3.22. The van der Waals surface area contributed by atoms with E-state index in [1.807, 2.05) is 26.0 Å². The van der Waals surface area contributed by atoms with E-state index in [9.17, 15) is 9.90 Å². The van der Waals surface area contributed by atoms with Crippen LogP contribution in [0, 0.1) is 12.3 Å². The Morgan fingerprint density at radius 1 is 1.35 bits per heavy atom. The predicted molar refractivity (Wildman–Crippen MR) is 68.0 cm³/mol. The van der Waals surface area contributed by atoms with Gasteiger partial charge in [-0.2, -0.15) is 0 Å². The molecule has 1 amide bonds. The third-order valence-electron chi connectivity index (χ3n) is 3.72. The molecule has 0 saturated heterocycles. The Kier molecular flexibility index (Phi) is 3.09. The van der Waals surface area contributed by atoms with Crippen molar-refractivity contribution in [3.8, 4) is 5.75 Å². The SMILES string of the molecule is Cc1ccc(NC(=O)C2(C)CCCC2)cc1O. The number of benzene rings is 1. The number of hydrogen-bond acceptors (Lipinski definition) is 2. The van der Waals surface area contributed by atoms with E-state index in [0.29, 0.717) is 5.69 Å². The zero-order valence-electron chi connectivity index (χ0n) is 10.4. The number of carbonyl (C=O) groups is 1. The Hall–Kier alpha value is -1.51. The van der Waals surface area contributed by atoms with Crippen molar-refractivity contribution in [3.63, 3.8) is 0 Å². The average Bonchev–Trinajstić information content (AvgIpc) is 2.72. The zero-order valence-corrected chi connectivity index (χ0v) is 10.4. The average molecular weight is 233 g/mol. The molecule has 3 heteroatoms. The van der Waals surface area contributed by atoms with E-state index in [0.717, 1.165) is 31.2 Å². The summed E-state index contributed by atoms with van der Waals surface area (Å²) in [5, 5.41) is 12.5. The molecular weight excluding hydrogens is 214 g/mol. The van der Waals surface area contributed by atoms with Crippen LogP contribution in [0.25, 0.3) is 0 Å². The molecule has 1 aliphatic carbocycles. The topological polar surface area (TPSA) is 49.3 Å². The van der Waals surface area contributed by atoms with E-state index in [4.69, 9.17) is 0 Å². The van der Waals surface area contributed by atoms with Crippen LogP contribution in [-0.4, -0.2) is 11.0 Å². The summed E-state index contributed by atoms with van der Waals surface area (Å²) in [6, 6.07) is 5.23. The highest BCUT2D eigenvalue weighted by atomic mass is 16.3. The smallest absolute Gasteiger partial charge is 0.230 e. The zero-order chi connectivity index (χ0) is 12.5. The van der Waals surface area contributed by atoms with Crippen LogP contribution in [0.4, 0.5) is 5.69 Å². The molecule has 0 unspecified atom stereocenters. The lowest BCUT2D eigenvalue weighted by Gasteiger charge is -2.22. The Labute approximate surface area is 102 Å². The van der Waals surface area contributed by atoms with Crippen LogP contribution >= 0.6 is 0 Å². The molecule has 2 rings (SSSR count). The van der Waals surface area contributed by atoms with Gasteiger partial charge in [-0.25, -0.2) is 0 Å². The van der Waals surface area contributed by atoms with Crippen molar-refractivity contribution in [1.82, 2.24) is 0 Å². The quantitative estimate of drug-likeness (QED) is 0.824. The molecular formula is C14H19NO2. The number of amides is 1. The normalized spacial score (nSPS) is 18.0. The molecule has 2 N–H and O–H groups in total. The highest BCUT2D eigenvalue weighted by Gasteiger charge is 2.36. The molecule has 1 fully saturated rings. The Morgan fingerprint density at radius 2 is 2.00 bits per heavy atom. The molecule has 0 radical (unpaired) electrons. The third-order valence-corrected chi connectivity index (χ3v) is 3.72. The van der Waals surface area contributed by atoms with E-state index in [1.54, 1.807) is 6.07 Å². The van der Waals surface area contributed by atoms with Crippen LogP contribution < -0.4 is 5.32 Å². The second kappa shape index (κ2) is 4.40. The summed E-state index contributed by atoms with van der Waals surface area (Å²) >= 11 is 0. The maximum Gasteiger partial charge on any atom is 0.230 e. The van der Waals surface area contributed by atoms with Crippen LogP contribution in [0.3, 0.4) is 0 Å². The van der Waals surface area contributed by atoms with Gasteiger partial charge in [0.15, 0.2) is 0 Å². The minimum atomic E-state index is -0.236. The first-order chi connectivity index (χ1) is 8.01. The molecule has 0 spiro atoms. The molecule has 0 aromatic heterocycles. The molecule has 0 bridgehead atoms. The second-order valence-corrected chi connectivity index (χ2v) is 5.22. The number of rotatable bonds is 2. The first kappa shape index (κ1) is 12.0. The van der Waals surface area contributed by atoms with Crippen LogP contribution in [-0.2, 0) is 4.79 Å². The van der Waals surface area contributed by atoms with E-state index >= 15 is 0 Å². The molecule has 1 aliphatic rings. The summed E-state index contributed by atoms with van der Waals surface area (Å²) < 4.78 is 0. The number of hydrogen-bond donors (Lipinski definition) is 2. The largest absolute Gasteiger partial charge is 0.508 e.